The van der Waals surface area contributed by atoms with Gasteiger partial charge in [-0.2, -0.15) is 0 Å². The fourth-order valence-corrected chi connectivity index (χ4v) is 4.04. The van der Waals surface area contributed by atoms with Crippen molar-refractivity contribution in [3.63, 3.8) is 0 Å². The first-order chi connectivity index (χ1) is 13.4. The molecule has 9 heteroatoms. The van der Waals surface area contributed by atoms with Gasteiger partial charge in [-0.05, 0) is 64.4 Å². The number of carbonyl (C=O) groups is 1. The average molecular weight is 528 g/mol. The maximum Gasteiger partial charge on any atom is 0.234 e. The number of aromatic nitrogens is 3. The Hall–Kier alpha value is -1.78. The van der Waals surface area contributed by atoms with Gasteiger partial charge in [-0.25, -0.2) is 4.68 Å². The second kappa shape index (κ2) is 9.15. The van der Waals surface area contributed by atoms with Gasteiger partial charge in [-0.1, -0.05) is 49.3 Å². The Morgan fingerprint density at radius 1 is 1.29 bits per heavy atom. The fourth-order valence-electron chi connectivity index (χ4n) is 2.64. The quantitative estimate of drug-likeness (QED) is 0.274. The van der Waals surface area contributed by atoms with Crippen LogP contribution < -0.4 is 11.2 Å². The Bertz CT molecular complexity index is 1010. The first-order valence-electron chi connectivity index (χ1n) is 8.54. The molecule has 0 aliphatic heterocycles. The van der Waals surface area contributed by atoms with Crippen molar-refractivity contribution in [3.05, 3.63) is 56.6 Å². The lowest BCUT2D eigenvalue weighted by molar-refractivity contribution is -0.113. The molecule has 0 aliphatic rings. The number of carbonyl (C=O) groups excluding carboxylic acids is 1. The molecule has 1 aromatic heterocycles. The SMILES string of the molecule is CC(C)c1cc(I)ccc1NC(=O)CSc1nnc(-c2ccccc2Cl)n1N. The van der Waals surface area contributed by atoms with Crippen LogP contribution in [0.4, 0.5) is 5.69 Å². The van der Waals surface area contributed by atoms with Crippen molar-refractivity contribution in [2.75, 3.05) is 16.9 Å². The Morgan fingerprint density at radius 2 is 2.04 bits per heavy atom. The molecule has 6 nitrogen and oxygen atoms in total. The van der Waals surface area contributed by atoms with Crippen molar-refractivity contribution < 1.29 is 4.79 Å². The zero-order chi connectivity index (χ0) is 20.3. The summed E-state index contributed by atoms with van der Waals surface area (Å²) in [5, 5.41) is 12.1. The maximum atomic E-state index is 12.4. The van der Waals surface area contributed by atoms with Crippen molar-refractivity contribution in [2.24, 2.45) is 0 Å². The lowest BCUT2D eigenvalue weighted by atomic mass is 10.0. The molecule has 0 unspecified atom stereocenters. The predicted molar refractivity (Wildman–Crippen MR) is 123 cm³/mol. The van der Waals surface area contributed by atoms with E-state index in [0.717, 1.165) is 14.8 Å². The van der Waals surface area contributed by atoms with Gasteiger partial charge in [0.05, 0.1) is 10.8 Å². The molecular weight excluding hydrogens is 509 g/mol. The van der Waals surface area contributed by atoms with Gasteiger partial charge < -0.3 is 11.2 Å². The van der Waals surface area contributed by atoms with E-state index in [2.05, 4.69) is 58.0 Å². The van der Waals surface area contributed by atoms with Crippen LogP contribution in [0, 0.1) is 3.57 Å². The van der Waals surface area contributed by atoms with Crippen LogP contribution in [-0.2, 0) is 4.79 Å². The molecule has 1 heterocycles. The average Bonchev–Trinajstić information content (AvgIpc) is 3.02. The zero-order valence-corrected chi connectivity index (χ0v) is 19.0. The van der Waals surface area contributed by atoms with Gasteiger partial charge in [0.2, 0.25) is 11.1 Å². The number of nitrogen functional groups attached to an aromatic ring is 1. The lowest BCUT2D eigenvalue weighted by Gasteiger charge is -2.14. The van der Waals surface area contributed by atoms with Gasteiger partial charge in [0.1, 0.15) is 0 Å². The van der Waals surface area contributed by atoms with Crippen LogP contribution >= 0.6 is 46.0 Å². The molecule has 0 fully saturated rings. The number of amides is 1. The monoisotopic (exact) mass is 527 g/mol. The van der Waals surface area contributed by atoms with E-state index < -0.39 is 0 Å². The largest absolute Gasteiger partial charge is 0.335 e. The number of benzene rings is 2. The number of rotatable bonds is 6. The highest BCUT2D eigenvalue weighted by molar-refractivity contribution is 14.1. The Kier molecular flexibility index (Phi) is 6.84. The van der Waals surface area contributed by atoms with Crippen LogP contribution in [0.5, 0.6) is 0 Å². The van der Waals surface area contributed by atoms with Gasteiger partial charge in [0, 0.05) is 14.8 Å². The fraction of sp³-hybridized carbons (Fsp3) is 0.211. The van der Waals surface area contributed by atoms with Crippen LogP contribution in [0.15, 0.2) is 47.6 Å². The molecule has 2 aromatic carbocycles. The Morgan fingerprint density at radius 3 is 2.75 bits per heavy atom. The number of anilines is 1. The molecule has 1 amide bonds. The summed E-state index contributed by atoms with van der Waals surface area (Å²) >= 11 is 9.69. The standard InChI is InChI=1S/C19H19ClIN5OS/c1-11(2)14-9-12(21)7-8-16(14)23-17(27)10-28-19-25-24-18(26(19)22)13-5-3-4-6-15(13)20/h3-9,11H,10,22H2,1-2H3,(H,23,27). The van der Waals surface area contributed by atoms with Crippen LogP contribution in [0.3, 0.4) is 0 Å². The molecule has 0 radical (unpaired) electrons. The lowest BCUT2D eigenvalue weighted by Crippen LogP contribution is -2.17. The Labute approximate surface area is 186 Å². The smallest absolute Gasteiger partial charge is 0.234 e. The molecule has 3 rings (SSSR count). The van der Waals surface area contributed by atoms with Crippen LogP contribution in [-0.4, -0.2) is 26.5 Å². The molecule has 0 saturated carbocycles. The molecule has 0 atom stereocenters. The minimum atomic E-state index is -0.129. The van der Waals surface area contributed by atoms with E-state index in [0.29, 0.717) is 27.5 Å². The third kappa shape index (κ3) is 4.79. The third-order valence-electron chi connectivity index (χ3n) is 4.02. The summed E-state index contributed by atoms with van der Waals surface area (Å²) in [6.45, 7) is 4.20. The Balaban J connectivity index is 1.69. The first kappa shape index (κ1) is 20.9. The number of halogens is 2. The minimum absolute atomic E-state index is 0.129. The summed E-state index contributed by atoms with van der Waals surface area (Å²) in [4.78, 5) is 12.4. The van der Waals surface area contributed by atoms with Gasteiger partial charge >= 0.3 is 0 Å². The normalized spacial score (nSPS) is 11.0. The first-order valence-corrected chi connectivity index (χ1v) is 11.0. The molecule has 3 aromatic rings. The van der Waals surface area contributed by atoms with Gasteiger partial charge in [-0.3, -0.25) is 4.79 Å². The van der Waals surface area contributed by atoms with Crippen molar-refractivity contribution in [2.45, 2.75) is 24.9 Å². The van der Waals surface area contributed by atoms with E-state index >= 15 is 0 Å². The van der Waals surface area contributed by atoms with Gasteiger partial charge in [0.25, 0.3) is 0 Å². The molecule has 0 spiro atoms. The summed E-state index contributed by atoms with van der Waals surface area (Å²) in [5.74, 6) is 6.90. The number of nitrogens with zero attached hydrogens (tertiary/aromatic N) is 3. The molecule has 0 saturated heterocycles. The van der Waals surface area contributed by atoms with Gasteiger partial charge in [0.15, 0.2) is 5.82 Å². The zero-order valence-electron chi connectivity index (χ0n) is 15.3. The van der Waals surface area contributed by atoms with Crippen LogP contribution in [0.25, 0.3) is 11.4 Å². The highest BCUT2D eigenvalue weighted by atomic mass is 127. The second-order valence-electron chi connectivity index (χ2n) is 6.38. The second-order valence-corrected chi connectivity index (χ2v) is 8.97. The van der Waals surface area contributed by atoms with Crippen LogP contribution in [0.1, 0.15) is 25.3 Å². The minimum Gasteiger partial charge on any atom is -0.335 e. The number of hydrogen-bond acceptors (Lipinski definition) is 5. The topological polar surface area (TPSA) is 85.8 Å². The summed E-state index contributed by atoms with van der Waals surface area (Å²) in [6, 6.07) is 13.3. The maximum absolute atomic E-state index is 12.4. The van der Waals surface area contributed by atoms with Crippen molar-refractivity contribution in [1.82, 2.24) is 14.9 Å². The third-order valence-corrected chi connectivity index (χ3v) is 5.97. The molecule has 3 N–H and O–H groups in total. The van der Waals surface area contributed by atoms with E-state index in [1.807, 2.05) is 30.3 Å². The summed E-state index contributed by atoms with van der Waals surface area (Å²) < 4.78 is 2.49. The van der Waals surface area contributed by atoms with Crippen molar-refractivity contribution in [3.8, 4) is 11.4 Å². The number of thioether (sulfide) groups is 1. The number of hydrogen-bond donors (Lipinski definition) is 2. The number of nitrogens with two attached hydrogens (primary N) is 1. The van der Waals surface area contributed by atoms with E-state index in [1.54, 1.807) is 6.07 Å². The van der Waals surface area contributed by atoms with E-state index in [9.17, 15) is 4.79 Å². The molecule has 146 valence electrons. The highest BCUT2D eigenvalue weighted by Crippen LogP contribution is 2.29. The summed E-state index contributed by atoms with van der Waals surface area (Å²) in [7, 11) is 0. The highest BCUT2D eigenvalue weighted by Gasteiger charge is 2.16. The van der Waals surface area contributed by atoms with E-state index in [1.165, 1.54) is 16.4 Å². The molecular formula is C19H19ClIN5OS. The van der Waals surface area contributed by atoms with Gasteiger partial charge in [-0.15, -0.1) is 10.2 Å². The molecule has 28 heavy (non-hydrogen) atoms. The number of nitrogens with one attached hydrogen (secondary N) is 1. The summed E-state index contributed by atoms with van der Waals surface area (Å²) in [6.07, 6.45) is 0. The van der Waals surface area contributed by atoms with Crippen molar-refractivity contribution in [1.29, 1.82) is 0 Å². The van der Waals surface area contributed by atoms with E-state index in [4.69, 9.17) is 17.4 Å². The molecule has 0 aliphatic carbocycles. The predicted octanol–water partition coefficient (Wildman–Crippen LogP) is 4.77. The van der Waals surface area contributed by atoms with Crippen LogP contribution in [0.2, 0.25) is 5.02 Å². The van der Waals surface area contributed by atoms with Crippen molar-refractivity contribution >= 4 is 57.5 Å². The molecule has 0 bridgehead atoms. The summed E-state index contributed by atoms with van der Waals surface area (Å²) in [5.41, 5.74) is 2.62. The van der Waals surface area contributed by atoms with E-state index in [-0.39, 0.29) is 11.7 Å².